The second-order valence-electron chi connectivity index (χ2n) is 5.85. The Bertz CT molecular complexity index is 757. The molecule has 0 aliphatic heterocycles. The summed E-state index contributed by atoms with van der Waals surface area (Å²) in [5.74, 6) is 0. The van der Waals surface area contributed by atoms with E-state index in [1.54, 1.807) is 22.7 Å². The van der Waals surface area contributed by atoms with Gasteiger partial charge in [0.05, 0.1) is 26.6 Å². The Labute approximate surface area is 132 Å². The maximum absolute atomic E-state index is 6.16. The molecule has 0 radical (unpaired) electrons. The molecule has 0 atom stereocenters. The van der Waals surface area contributed by atoms with Crippen molar-refractivity contribution in [3.63, 3.8) is 0 Å². The van der Waals surface area contributed by atoms with Crippen LogP contribution in [0.1, 0.15) is 23.7 Å². The lowest BCUT2D eigenvalue weighted by molar-refractivity contribution is 0.569. The highest BCUT2D eigenvalue weighted by molar-refractivity contribution is 7.18. The summed E-state index contributed by atoms with van der Waals surface area (Å²) in [6.45, 7) is 7.35. The van der Waals surface area contributed by atoms with Crippen LogP contribution in [0.3, 0.4) is 0 Å². The molecule has 3 N–H and O–H groups in total. The fourth-order valence-electron chi connectivity index (χ4n) is 2.32. The van der Waals surface area contributed by atoms with Crippen LogP contribution in [-0.2, 0) is 5.41 Å². The Balaban J connectivity index is 1.83. The van der Waals surface area contributed by atoms with E-state index in [0.717, 1.165) is 33.1 Å². The SMILES string of the molecule is Cc1nc2cc(NCC(C)(C)c3cccs3)c(N)cc2s1. The van der Waals surface area contributed by atoms with E-state index >= 15 is 0 Å². The summed E-state index contributed by atoms with van der Waals surface area (Å²) >= 11 is 3.47. The van der Waals surface area contributed by atoms with Gasteiger partial charge in [-0.25, -0.2) is 4.98 Å². The summed E-state index contributed by atoms with van der Waals surface area (Å²) in [7, 11) is 0. The van der Waals surface area contributed by atoms with E-state index in [2.05, 4.69) is 47.7 Å². The minimum absolute atomic E-state index is 0.0769. The zero-order valence-corrected chi connectivity index (χ0v) is 14.1. The van der Waals surface area contributed by atoms with Crippen LogP contribution in [0.4, 0.5) is 11.4 Å². The number of hydrogen-bond acceptors (Lipinski definition) is 5. The first-order valence-corrected chi connectivity index (χ1v) is 8.60. The van der Waals surface area contributed by atoms with Gasteiger partial charge in [0.1, 0.15) is 0 Å². The van der Waals surface area contributed by atoms with Crippen molar-refractivity contribution in [1.29, 1.82) is 0 Å². The summed E-state index contributed by atoms with van der Waals surface area (Å²) in [4.78, 5) is 5.91. The normalized spacial score (nSPS) is 12.0. The second kappa shape index (κ2) is 5.31. The Morgan fingerprint density at radius 3 is 2.86 bits per heavy atom. The number of aryl methyl sites for hydroxylation is 1. The molecular weight excluding hydrogens is 298 g/mol. The standard InChI is InChI=1S/C16H19N3S2/c1-10-19-13-8-12(11(17)7-14(13)21-10)18-9-16(2,3)15-5-4-6-20-15/h4-8,18H,9,17H2,1-3H3. The number of nitrogens with two attached hydrogens (primary N) is 1. The topological polar surface area (TPSA) is 50.9 Å². The number of fused-ring (bicyclic) bond motifs is 1. The van der Waals surface area contributed by atoms with E-state index in [1.807, 2.05) is 13.0 Å². The van der Waals surface area contributed by atoms with Gasteiger partial charge in [-0.2, -0.15) is 0 Å². The third-order valence-corrected chi connectivity index (χ3v) is 5.75. The quantitative estimate of drug-likeness (QED) is 0.689. The molecule has 2 aromatic heterocycles. The molecule has 0 saturated heterocycles. The van der Waals surface area contributed by atoms with E-state index in [-0.39, 0.29) is 5.41 Å². The Morgan fingerprint density at radius 2 is 2.14 bits per heavy atom. The zero-order chi connectivity index (χ0) is 15.0. The van der Waals surface area contributed by atoms with E-state index in [9.17, 15) is 0 Å². The molecule has 1 aromatic carbocycles. The summed E-state index contributed by atoms with van der Waals surface area (Å²) in [5.41, 5.74) is 9.01. The predicted molar refractivity (Wildman–Crippen MR) is 94.6 cm³/mol. The third kappa shape index (κ3) is 2.89. The maximum Gasteiger partial charge on any atom is 0.0907 e. The molecule has 5 heteroatoms. The second-order valence-corrected chi connectivity index (χ2v) is 8.04. The first kappa shape index (κ1) is 14.4. The van der Waals surface area contributed by atoms with Gasteiger partial charge < -0.3 is 11.1 Å². The molecule has 0 spiro atoms. The van der Waals surface area contributed by atoms with Crippen molar-refractivity contribution in [2.24, 2.45) is 0 Å². The molecular formula is C16H19N3S2. The van der Waals surface area contributed by atoms with Crippen LogP contribution in [-0.4, -0.2) is 11.5 Å². The van der Waals surface area contributed by atoms with Crippen molar-refractivity contribution < 1.29 is 0 Å². The summed E-state index contributed by atoms with van der Waals surface area (Å²) < 4.78 is 1.15. The van der Waals surface area contributed by atoms with Gasteiger partial charge >= 0.3 is 0 Å². The number of rotatable bonds is 4. The first-order chi connectivity index (χ1) is 9.95. The molecule has 3 rings (SSSR count). The summed E-state index contributed by atoms with van der Waals surface area (Å²) in [5, 5.41) is 6.68. The van der Waals surface area contributed by atoms with Crippen LogP contribution in [0.15, 0.2) is 29.6 Å². The molecule has 0 aliphatic rings. The fourth-order valence-corrected chi connectivity index (χ4v) is 4.03. The molecule has 0 fully saturated rings. The van der Waals surface area contributed by atoms with E-state index in [0.29, 0.717) is 0 Å². The van der Waals surface area contributed by atoms with Gasteiger partial charge in [0, 0.05) is 16.8 Å². The Morgan fingerprint density at radius 1 is 1.33 bits per heavy atom. The number of aromatic nitrogens is 1. The number of thiazole rings is 1. The van der Waals surface area contributed by atoms with Gasteiger partial charge in [-0.3, -0.25) is 0 Å². The smallest absolute Gasteiger partial charge is 0.0907 e. The molecule has 3 aromatic rings. The highest BCUT2D eigenvalue weighted by Gasteiger charge is 2.21. The number of nitrogens with one attached hydrogen (secondary N) is 1. The van der Waals surface area contributed by atoms with Crippen molar-refractivity contribution >= 4 is 44.3 Å². The lowest BCUT2D eigenvalue weighted by Crippen LogP contribution is -2.26. The maximum atomic E-state index is 6.16. The Hall–Kier alpha value is -1.59. The Kier molecular flexibility index (Phi) is 3.63. The first-order valence-electron chi connectivity index (χ1n) is 6.90. The minimum Gasteiger partial charge on any atom is -0.397 e. The zero-order valence-electron chi connectivity index (χ0n) is 12.4. The van der Waals surface area contributed by atoms with Gasteiger partial charge in [-0.05, 0) is 30.5 Å². The average Bonchev–Trinajstić information content (AvgIpc) is 3.04. The number of nitrogen functional groups attached to an aromatic ring is 1. The van der Waals surface area contributed by atoms with Crippen LogP contribution in [0.25, 0.3) is 10.2 Å². The summed E-state index contributed by atoms with van der Waals surface area (Å²) in [6, 6.07) is 8.35. The largest absolute Gasteiger partial charge is 0.397 e. The highest BCUT2D eigenvalue weighted by Crippen LogP contribution is 2.32. The van der Waals surface area contributed by atoms with Crippen LogP contribution < -0.4 is 11.1 Å². The van der Waals surface area contributed by atoms with Crippen molar-refractivity contribution in [3.8, 4) is 0 Å². The molecule has 21 heavy (non-hydrogen) atoms. The van der Waals surface area contributed by atoms with Crippen molar-refractivity contribution in [3.05, 3.63) is 39.5 Å². The van der Waals surface area contributed by atoms with Gasteiger partial charge in [-0.1, -0.05) is 19.9 Å². The van der Waals surface area contributed by atoms with Gasteiger partial charge in [0.25, 0.3) is 0 Å². The van der Waals surface area contributed by atoms with Gasteiger partial charge in [-0.15, -0.1) is 22.7 Å². The molecule has 0 aliphatic carbocycles. The number of hydrogen-bond donors (Lipinski definition) is 2. The van der Waals surface area contributed by atoms with Crippen LogP contribution in [0.2, 0.25) is 0 Å². The predicted octanol–water partition coefficient (Wildman–Crippen LogP) is 4.64. The fraction of sp³-hybridized carbons (Fsp3) is 0.312. The highest BCUT2D eigenvalue weighted by atomic mass is 32.1. The molecule has 0 saturated carbocycles. The van der Waals surface area contributed by atoms with E-state index in [1.165, 1.54) is 4.88 Å². The van der Waals surface area contributed by atoms with Crippen LogP contribution in [0.5, 0.6) is 0 Å². The number of benzene rings is 1. The van der Waals surface area contributed by atoms with Crippen molar-refractivity contribution in [2.45, 2.75) is 26.2 Å². The monoisotopic (exact) mass is 317 g/mol. The van der Waals surface area contributed by atoms with E-state index < -0.39 is 0 Å². The molecule has 2 heterocycles. The minimum atomic E-state index is 0.0769. The van der Waals surface area contributed by atoms with Crippen molar-refractivity contribution in [1.82, 2.24) is 4.98 Å². The average molecular weight is 317 g/mol. The lowest BCUT2D eigenvalue weighted by Gasteiger charge is -2.24. The van der Waals surface area contributed by atoms with Gasteiger partial charge in [0.2, 0.25) is 0 Å². The molecule has 3 nitrogen and oxygen atoms in total. The lowest BCUT2D eigenvalue weighted by atomic mass is 9.91. The molecule has 0 bridgehead atoms. The van der Waals surface area contributed by atoms with Gasteiger partial charge in [0.15, 0.2) is 0 Å². The molecule has 0 unspecified atom stereocenters. The number of anilines is 2. The van der Waals surface area contributed by atoms with E-state index in [4.69, 9.17) is 5.73 Å². The van der Waals surface area contributed by atoms with Crippen molar-refractivity contribution in [2.75, 3.05) is 17.6 Å². The van der Waals surface area contributed by atoms with Crippen LogP contribution in [0, 0.1) is 6.92 Å². The van der Waals surface area contributed by atoms with Crippen LogP contribution >= 0.6 is 22.7 Å². The number of thiophene rings is 1. The third-order valence-electron chi connectivity index (χ3n) is 3.58. The molecule has 0 amide bonds. The summed E-state index contributed by atoms with van der Waals surface area (Å²) in [6.07, 6.45) is 0. The number of nitrogens with zero attached hydrogens (tertiary/aromatic N) is 1. The molecule has 110 valence electrons.